The number of aromatic nitrogens is 2. The standard InChI is InChI=1S/C20H24N4O2S2/c1-4-26-16-11-9-15(10-12-16)13-23(2)14-24-20(27)28-19(22-24)21-17-7-5-6-8-18(17)25-3/h5-12H,4,13-14H2,1-3H3,(H,21,22). The molecule has 2 aromatic carbocycles. The van der Waals surface area contributed by atoms with E-state index in [4.69, 9.17) is 21.7 Å². The Morgan fingerprint density at radius 2 is 1.93 bits per heavy atom. The van der Waals surface area contributed by atoms with Gasteiger partial charge in [0.05, 0.1) is 26.1 Å². The number of nitrogens with zero attached hydrogens (tertiary/aromatic N) is 3. The molecule has 0 fully saturated rings. The van der Waals surface area contributed by atoms with E-state index in [1.165, 1.54) is 16.9 Å². The van der Waals surface area contributed by atoms with Crippen LogP contribution in [0.2, 0.25) is 0 Å². The molecule has 0 saturated carbocycles. The molecule has 3 aromatic rings. The van der Waals surface area contributed by atoms with Gasteiger partial charge < -0.3 is 14.8 Å². The molecule has 1 aromatic heterocycles. The predicted octanol–water partition coefficient (Wildman–Crippen LogP) is 4.91. The number of nitrogens with one attached hydrogen (secondary N) is 1. The van der Waals surface area contributed by atoms with Gasteiger partial charge in [-0.15, -0.1) is 5.10 Å². The van der Waals surface area contributed by atoms with Crippen molar-refractivity contribution in [2.45, 2.75) is 20.1 Å². The molecular weight excluding hydrogens is 392 g/mol. The second-order valence-electron chi connectivity index (χ2n) is 6.23. The van der Waals surface area contributed by atoms with E-state index in [0.29, 0.717) is 13.3 Å². The van der Waals surface area contributed by atoms with Crippen LogP contribution in [0.5, 0.6) is 11.5 Å². The second-order valence-corrected chi connectivity index (χ2v) is 7.85. The van der Waals surface area contributed by atoms with E-state index >= 15 is 0 Å². The number of ether oxygens (including phenoxy) is 2. The Morgan fingerprint density at radius 1 is 1.18 bits per heavy atom. The third-order valence-corrected chi connectivity index (χ3v) is 5.24. The lowest BCUT2D eigenvalue weighted by molar-refractivity contribution is 0.245. The van der Waals surface area contributed by atoms with E-state index < -0.39 is 0 Å². The van der Waals surface area contributed by atoms with E-state index in [1.807, 2.05) is 55.1 Å². The molecule has 0 atom stereocenters. The van der Waals surface area contributed by atoms with Crippen molar-refractivity contribution in [3.63, 3.8) is 0 Å². The van der Waals surface area contributed by atoms with Gasteiger partial charge in [-0.2, -0.15) is 0 Å². The summed E-state index contributed by atoms with van der Waals surface area (Å²) in [5.41, 5.74) is 2.07. The molecule has 0 spiro atoms. The van der Waals surface area contributed by atoms with E-state index in [2.05, 4.69) is 27.4 Å². The number of hydrogen-bond acceptors (Lipinski definition) is 7. The van der Waals surface area contributed by atoms with Gasteiger partial charge in [-0.3, -0.25) is 4.90 Å². The molecule has 8 heteroatoms. The van der Waals surface area contributed by atoms with Gasteiger partial charge in [0, 0.05) is 6.54 Å². The molecule has 0 radical (unpaired) electrons. The monoisotopic (exact) mass is 416 g/mol. The fraction of sp³-hybridized carbons (Fsp3) is 0.300. The highest BCUT2D eigenvalue weighted by Gasteiger charge is 2.09. The lowest BCUT2D eigenvalue weighted by atomic mass is 10.2. The number of anilines is 2. The van der Waals surface area contributed by atoms with Crippen LogP contribution in [0.3, 0.4) is 0 Å². The molecule has 1 heterocycles. The molecule has 1 N–H and O–H groups in total. The zero-order valence-electron chi connectivity index (χ0n) is 16.2. The van der Waals surface area contributed by atoms with Crippen LogP contribution in [-0.2, 0) is 13.2 Å². The molecular formula is C20H24N4O2S2. The van der Waals surface area contributed by atoms with Crippen LogP contribution in [0, 0.1) is 3.95 Å². The molecule has 0 amide bonds. The second kappa shape index (κ2) is 9.68. The van der Waals surface area contributed by atoms with Crippen molar-refractivity contribution in [1.82, 2.24) is 14.7 Å². The van der Waals surface area contributed by atoms with Crippen LogP contribution in [0.15, 0.2) is 48.5 Å². The molecule has 0 aliphatic rings. The van der Waals surface area contributed by atoms with Crippen LogP contribution in [0.4, 0.5) is 10.8 Å². The van der Waals surface area contributed by atoms with Crippen molar-refractivity contribution in [2.75, 3.05) is 26.1 Å². The number of rotatable bonds is 9. The van der Waals surface area contributed by atoms with E-state index in [0.717, 1.165) is 32.8 Å². The lowest BCUT2D eigenvalue weighted by Gasteiger charge is -2.16. The zero-order valence-corrected chi connectivity index (χ0v) is 17.8. The Hall–Kier alpha value is -2.42. The summed E-state index contributed by atoms with van der Waals surface area (Å²) in [5, 5.41) is 8.63. The maximum Gasteiger partial charge on any atom is 0.209 e. The Labute approximate surface area is 174 Å². The van der Waals surface area contributed by atoms with E-state index in [1.54, 1.807) is 7.11 Å². The van der Waals surface area contributed by atoms with Gasteiger partial charge in [0.25, 0.3) is 0 Å². The highest BCUT2D eigenvalue weighted by molar-refractivity contribution is 7.73. The lowest BCUT2D eigenvalue weighted by Crippen LogP contribution is -2.22. The van der Waals surface area contributed by atoms with Crippen LogP contribution >= 0.6 is 23.6 Å². The predicted molar refractivity (Wildman–Crippen MR) is 116 cm³/mol. The van der Waals surface area contributed by atoms with E-state index in [9.17, 15) is 0 Å². The minimum atomic E-state index is 0.607. The van der Waals surface area contributed by atoms with Crippen LogP contribution in [0.1, 0.15) is 12.5 Å². The molecule has 0 bridgehead atoms. The molecule has 0 aliphatic heterocycles. The maximum atomic E-state index is 5.49. The average Bonchev–Trinajstić information content (AvgIpc) is 3.02. The molecule has 6 nitrogen and oxygen atoms in total. The first-order chi connectivity index (χ1) is 13.6. The van der Waals surface area contributed by atoms with Gasteiger partial charge in [-0.25, -0.2) is 4.68 Å². The summed E-state index contributed by atoms with van der Waals surface area (Å²) >= 11 is 6.92. The third-order valence-electron chi connectivity index (χ3n) is 4.02. The smallest absolute Gasteiger partial charge is 0.209 e. The summed E-state index contributed by atoms with van der Waals surface area (Å²) in [5.74, 6) is 1.66. The first-order valence-corrected chi connectivity index (χ1v) is 10.2. The molecule has 0 unspecified atom stereocenters. The molecule has 3 rings (SSSR count). The largest absolute Gasteiger partial charge is 0.495 e. The number of benzene rings is 2. The van der Waals surface area contributed by atoms with Crippen molar-refractivity contribution in [3.05, 3.63) is 58.0 Å². The Bertz CT molecular complexity index is 953. The van der Waals surface area contributed by atoms with Gasteiger partial charge in [-0.1, -0.05) is 35.6 Å². The van der Waals surface area contributed by atoms with Crippen LogP contribution in [0.25, 0.3) is 0 Å². The van der Waals surface area contributed by atoms with Gasteiger partial charge in [0.2, 0.25) is 5.13 Å². The Balaban J connectivity index is 1.63. The Morgan fingerprint density at radius 3 is 2.64 bits per heavy atom. The SMILES string of the molecule is CCOc1ccc(CN(C)Cn2nc(Nc3ccccc3OC)sc2=S)cc1. The van der Waals surface area contributed by atoms with Gasteiger partial charge >= 0.3 is 0 Å². The number of para-hydroxylation sites is 2. The quantitative estimate of drug-likeness (QED) is 0.500. The highest BCUT2D eigenvalue weighted by atomic mass is 32.1. The zero-order chi connectivity index (χ0) is 19.9. The summed E-state index contributed by atoms with van der Waals surface area (Å²) < 4.78 is 13.4. The Kier molecular flexibility index (Phi) is 7.02. The average molecular weight is 417 g/mol. The van der Waals surface area contributed by atoms with Crippen molar-refractivity contribution in [1.29, 1.82) is 0 Å². The van der Waals surface area contributed by atoms with Gasteiger partial charge in [-0.05, 0) is 56.0 Å². The molecule has 28 heavy (non-hydrogen) atoms. The third kappa shape index (κ3) is 5.31. The summed E-state index contributed by atoms with van der Waals surface area (Å²) in [7, 11) is 3.70. The van der Waals surface area contributed by atoms with Crippen molar-refractivity contribution < 1.29 is 9.47 Å². The highest BCUT2D eigenvalue weighted by Crippen LogP contribution is 2.28. The topological polar surface area (TPSA) is 51.5 Å². The molecule has 148 valence electrons. The first-order valence-electron chi connectivity index (χ1n) is 8.97. The van der Waals surface area contributed by atoms with Crippen molar-refractivity contribution >= 4 is 34.4 Å². The molecule has 0 saturated heterocycles. The number of hydrogen-bond donors (Lipinski definition) is 1. The minimum Gasteiger partial charge on any atom is -0.495 e. The minimum absolute atomic E-state index is 0.607. The number of methoxy groups -OCH3 is 1. The maximum absolute atomic E-state index is 5.49. The van der Waals surface area contributed by atoms with Crippen molar-refractivity contribution in [3.8, 4) is 11.5 Å². The fourth-order valence-corrected chi connectivity index (χ4v) is 3.76. The van der Waals surface area contributed by atoms with E-state index in [-0.39, 0.29) is 0 Å². The fourth-order valence-electron chi connectivity index (χ4n) is 2.76. The van der Waals surface area contributed by atoms with Gasteiger partial charge in [0.15, 0.2) is 3.95 Å². The summed E-state index contributed by atoms with van der Waals surface area (Å²) in [6.07, 6.45) is 0. The van der Waals surface area contributed by atoms with Crippen LogP contribution in [-0.4, -0.2) is 35.4 Å². The van der Waals surface area contributed by atoms with Crippen LogP contribution < -0.4 is 14.8 Å². The molecule has 0 aliphatic carbocycles. The summed E-state index contributed by atoms with van der Waals surface area (Å²) in [6, 6.07) is 15.9. The normalized spacial score (nSPS) is 10.9. The summed E-state index contributed by atoms with van der Waals surface area (Å²) in [4.78, 5) is 2.16. The van der Waals surface area contributed by atoms with Gasteiger partial charge in [0.1, 0.15) is 11.5 Å². The first kappa shape index (κ1) is 20.3. The summed E-state index contributed by atoms with van der Waals surface area (Å²) in [6.45, 7) is 4.06. The van der Waals surface area contributed by atoms with Crippen molar-refractivity contribution in [2.24, 2.45) is 0 Å².